The van der Waals surface area contributed by atoms with E-state index in [2.05, 4.69) is 79.9 Å². The number of nitrogens with two attached hydrogens (primary N) is 1. The van der Waals surface area contributed by atoms with Gasteiger partial charge in [0.15, 0.2) is 0 Å². The maximum absolute atomic E-state index is 13.2. The summed E-state index contributed by atoms with van der Waals surface area (Å²) >= 11 is 0. The van der Waals surface area contributed by atoms with Crippen molar-refractivity contribution in [2.75, 3.05) is 13.1 Å². The molecule has 0 heterocycles. The van der Waals surface area contributed by atoms with Gasteiger partial charge in [0.25, 0.3) is 0 Å². The molecule has 1 atom stereocenters. The van der Waals surface area contributed by atoms with Crippen LogP contribution in [-0.4, -0.2) is 30.9 Å². The van der Waals surface area contributed by atoms with E-state index in [1.54, 1.807) is 0 Å². The lowest BCUT2D eigenvalue weighted by Crippen LogP contribution is -2.47. The molecule has 2 amide bonds. The highest BCUT2D eigenvalue weighted by Gasteiger charge is 2.37. The number of rotatable bonds is 12. The van der Waals surface area contributed by atoms with Crippen LogP contribution < -0.4 is 16.4 Å². The predicted octanol–water partition coefficient (Wildman–Crippen LogP) is 6.27. The predicted molar refractivity (Wildman–Crippen MR) is 151 cm³/mol. The first kappa shape index (κ1) is 30.1. The van der Waals surface area contributed by atoms with E-state index in [1.165, 1.54) is 44.6 Å². The number of carbonyl (C=O) groups is 2. The van der Waals surface area contributed by atoms with Crippen LogP contribution in [0.3, 0.4) is 0 Å². The summed E-state index contributed by atoms with van der Waals surface area (Å²) in [6.07, 6.45) is 4.26. The van der Waals surface area contributed by atoms with Gasteiger partial charge in [-0.1, -0.05) is 36.1 Å². The fraction of sp³-hybridized carbons (Fsp3) is 0.677. The fourth-order valence-electron chi connectivity index (χ4n) is 6.04. The van der Waals surface area contributed by atoms with Crippen LogP contribution >= 0.6 is 0 Å². The summed E-state index contributed by atoms with van der Waals surface area (Å²) in [5.41, 5.74) is 16.4. The first-order valence-electron chi connectivity index (χ1n) is 13.7. The summed E-state index contributed by atoms with van der Waals surface area (Å²) in [5.74, 6) is -0.150. The Morgan fingerprint density at radius 2 is 1.19 bits per heavy atom. The molecule has 0 aromatic rings. The third-order valence-electron chi connectivity index (χ3n) is 10.1. The first-order valence-corrected chi connectivity index (χ1v) is 13.7. The highest BCUT2D eigenvalue weighted by molar-refractivity contribution is 5.87. The number of hydrogen-bond acceptors (Lipinski definition) is 3. The van der Waals surface area contributed by atoms with E-state index in [9.17, 15) is 9.59 Å². The van der Waals surface area contributed by atoms with E-state index in [-0.39, 0.29) is 22.6 Å². The van der Waals surface area contributed by atoms with Gasteiger partial charge in [-0.2, -0.15) is 0 Å². The molecule has 0 bridgehead atoms. The quantitative estimate of drug-likeness (QED) is 0.278. The van der Waals surface area contributed by atoms with Crippen molar-refractivity contribution in [1.29, 1.82) is 0 Å². The Kier molecular flexibility index (Phi) is 9.98. The molecule has 5 heteroatoms. The number of amides is 2. The molecule has 202 valence electrons. The minimum Gasteiger partial charge on any atom is -0.354 e. The van der Waals surface area contributed by atoms with E-state index in [0.717, 1.165) is 25.7 Å². The lowest BCUT2D eigenvalue weighted by Gasteiger charge is -2.30. The molecule has 1 unspecified atom stereocenters. The van der Waals surface area contributed by atoms with Crippen molar-refractivity contribution in [3.8, 4) is 0 Å². The Balaban J connectivity index is 2.00. The van der Waals surface area contributed by atoms with Crippen molar-refractivity contribution in [2.24, 2.45) is 16.6 Å². The van der Waals surface area contributed by atoms with Gasteiger partial charge in [0, 0.05) is 23.8 Å². The smallest absolute Gasteiger partial charge is 0.242 e. The molecule has 2 rings (SSSR count). The van der Waals surface area contributed by atoms with E-state index in [1.807, 2.05) is 0 Å². The fourth-order valence-corrected chi connectivity index (χ4v) is 6.04. The number of allylic oxidation sites excluding steroid dienone is 8. The van der Waals surface area contributed by atoms with E-state index >= 15 is 0 Å². The van der Waals surface area contributed by atoms with Gasteiger partial charge in [-0.25, -0.2) is 0 Å². The van der Waals surface area contributed by atoms with Gasteiger partial charge in [0.2, 0.25) is 11.8 Å². The summed E-state index contributed by atoms with van der Waals surface area (Å²) in [5, 5.41) is 6.17. The Morgan fingerprint density at radius 3 is 1.64 bits per heavy atom. The largest absolute Gasteiger partial charge is 0.354 e. The Morgan fingerprint density at radius 1 is 0.750 bits per heavy atom. The highest BCUT2D eigenvalue weighted by Crippen LogP contribution is 2.49. The van der Waals surface area contributed by atoms with Gasteiger partial charge in [-0.05, 0) is 116 Å². The molecule has 0 aromatic carbocycles. The average Bonchev–Trinajstić information content (AvgIpc) is 3.09. The SMILES string of the molecule is CC1=C(C)C(C)(CCNC(=O)C(CCCCN)NC(=O)CCC2(C)C(C)=C(C)C(C)=C2C)C(C)=C1C. The van der Waals surface area contributed by atoms with Crippen LogP contribution in [0.4, 0.5) is 0 Å². The molecule has 0 saturated heterocycles. The number of carbonyl (C=O) groups excluding carboxylic acids is 2. The van der Waals surface area contributed by atoms with Gasteiger partial charge in [-0.15, -0.1) is 0 Å². The minimum absolute atomic E-state index is 0.0243. The minimum atomic E-state index is -0.523. The van der Waals surface area contributed by atoms with Crippen molar-refractivity contribution >= 4 is 11.8 Å². The van der Waals surface area contributed by atoms with Gasteiger partial charge in [0.1, 0.15) is 6.04 Å². The normalized spacial score (nSPS) is 20.0. The molecule has 0 aliphatic heterocycles. The summed E-state index contributed by atoms with van der Waals surface area (Å²) in [4.78, 5) is 26.2. The molecule has 2 aliphatic carbocycles. The zero-order valence-electron chi connectivity index (χ0n) is 24.6. The molecule has 0 aromatic heterocycles. The summed E-state index contributed by atoms with van der Waals surface area (Å²) in [6, 6.07) is -0.523. The molecule has 0 saturated carbocycles. The van der Waals surface area contributed by atoms with Gasteiger partial charge in [0.05, 0.1) is 0 Å². The van der Waals surface area contributed by atoms with Crippen LogP contribution in [0.15, 0.2) is 44.6 Å². The van der Waals surface area contributed by atoms with Crippen molar-refractivity contribution in [2.45, 2.75) is 114 Å². The summed E-state index contributed by atoms with van der Waals surface area (Å²) in [6.45, 7) is 23.1. The summed E-state index contributed by atoms with van der Waals surface area (Å²) in [7, 11) is 0. The lowest BCUT2D eigenvalue weighted by atomic mass is 9.75. The van der Waals surface area contributed by atoms with E-state index in [4.69, 9.17) is 5.73 Å². The molecule has 0 radical (unpaired) electrons. The second-order valence-corrected chi connectivity index (χ2v) is 11.6. The van der Waals surface area contributed by atoms with Crippen LogP contribution in [0.25, 0.3) is 0 Å². The number of unbranched alkanes of at least 4 members (excludes halogenated alkanes) is 1. The molecule has 5 nitrogen and oxygen atoms in total. The van der Waals surface area contributed by atoms with Crippen molar-refractivity contribution in [3.63, 3.8) is 0 Å². The molecular formula is C31H51N3O2. The maximum Gasteiger partial charge on any atom is 0.242 e. The first-order chi connectivity index (χ1) is 16.7. The second-order valence-electron chi connectivity index (χ2n) is 11.6. The second kappa shape index (κ2) is 11.9. The Bertz CT molecular complexity index is 961. The number of hydrogen-bond donors (Lipinski definition) is 3. The van der Waals surface area contributed by atoms with Crippen LogP contribution in [0.2, 0.25) is 0 Å². The van der Waals surface area contributed by atoms with Crippen LogP contribution in [0, 0.1) is 10.8 Å². The third-order valence-corrected chi connectivity index (χ3v) is 10.1. The van der Waals surface area contributed by atoms with Crippen LogP contribution in [0.1, 0.15) is 108 Å². The molecular weight excluding hydrogens is 446 g/mol. The Labute approximate surface area is 220 Å². The molecule has 36 heavy (non-hydrogen) atoms. The lowest BCUT2D eigenvalue weighted by molar-refractivity contribution is -0.129. The third kappa shape index (κ3) is 5.88. The summed E-state index contributed by atoms with van der Waals surface area (Å²) < 4.78 is 0. The molecule has 4 N–H and O–H groups in total. The van der Waals surface area contributed by atoms with Gasteiger partial charge >= 0.3 is 0 Å². The van der Waals surface area contributed by atoms with Crippen molar-refractivity contribution in [1.82, 2.24) is 10.6 Å². The highest BCUT2D eigenvalue weighted by atomic mass is 16.2. The van der Waals surface area contributed by atoms with Crippen molar-refractivity contribution < 1.29 is 9.59 Å². The van der Waals surface area contributed by atoms with Crippen LogP contribution in [-0.2, 0) is 9.59 Å². The van der Waals surface area contributed by atoms with Gasteiger partial charge < -0.3 is 16.4 Å². The molecule has 2 aliphatic rings. The van der Waals surface area contributed by atoms with Gasteiger partial charge in [-0.3, -0.25) is 9.59 Å². The van der Waals surface area contributed by atoms with Crippen LogP contribution in [0.5, 0.6) is 0 Å². The zero-order valence-corrected chi connectivity index (χ0v) is 24.6. The molecule has 0 fully saturated rings. The zero-order chi connectivity index (χ0) is 27.4. The average molecular weight is 498 g/mol. The van der Waals surface area contributed by atoms with E-state index < -0.39 is 6.04 Å². The molecule has 0 spiro atoms. The standard InChI is InChI=1S/C31H51N3O2/c1-19-20(2)24(6)30(9,23(19)5)15-14-28(35)34-27(13-11-12-17-32)29(36)33-18-16-31(10)25(7)21(3)22(4)26(31)8/h27H,11-18,32H2,1-10H3,(H,33,36)(H,34,35). The number of nitrogens with one attached hydrogen (secondary N) is 2. The van der Waals surface area contributed by atoms with E-state index in [0.29, 0.717) is 25.9 Å². The maximum atomic E-state index is 13.2. The van der Waals surface area contributed by atoms with Crippen molar-refractivity contribution in [3.05, 3.63) is 44.6 Å². The monoisotopic (exact) mass is 497 g/mol. The topological polar surface area (TPSA) is 84.2 Å². The Hall–Kier alpha value is -2.14.